The molecule has 1 aromatic rings. The summed E-state index contributed by atoms with van der Waals surface area (Å²) in [5.41, 5.74) is 0.883. The van der Waals surface area contributed by atoms with Crippen LogP contribution < -0.4 is 5.32 Å². The Balaban J connectivity index is 1.97. The van der Waals surface area contributed by atoms with Crippen LogP contribution in [0.2, 0.25) is 0 Å². The summed E-state index contributed by atoms with van der Waals surface area (Å²) in [6.07, 6.45) is 1.73. The smallest absolute Gasteiger partial charge is 0.325 e. The van der Waals surface area contributed by atoms with E-state index >= 15 is 0 Å². The second kappa shape index (κ2) is 7.29. The number of nitrogens with one attached hydrogen (secondary N) is 1. The summed E-state index contributed by atoms with van der Waals surface area (Å²) >= 11 is 0. The van der Waals surface area contributed by atoms with Crippen molar-refractivity contribution >= 4 is 12.0 Å². The number of hydrogen-bond acceptors (Lipinski definition) is 5. The zero-order valence-electron chi connectivity index (χ0n) is 13.3. The minimum absolute atomic E-state index is 0.121. The molecular weight excluding hydrogens is 286 g/mol. The molecule has 22 heavy (non-hydrogen) atoms. The summed E-state index contributed by atoms with van der Waals surface area (Å²) in [5, 5.41) is 6.63. The van der Waals surface area contributed by atoms with Crippen LogP contribution in [0.4, 0.5) is 4.79 Å². The van der Waals surface area contributed by atoms with Gasteiger partial charge in [-0.2, -0.15) is 0 Å². The predicted octanol–water partition coefficient (Wildman–Crippen LogP) is 2.21. The molecule has 1 aliphatic rings. The maximum atomic E-state index is 12.2. The van der Waals surface area contributed by atoms with Crippen molar-refractivity contribution in [1.29, 1.82) is 0 Å². The molecular formula is C15H23N3O4. The number of rotatable bonds is 5. The average molecular weight is 309 g/mol. The van der Waals surface area contributed by atoms with Gasteiger partial charge in [0.05, 0.1) is 18.3 Å². The minimum Gasteiger partial charge on any atom is -0.465 e. The van der Waals surface area contributed by atoms with Crippen molar-refractivity contribution in [3.8, 4) is 0 Å². The number of urea groups is 1. The Kier molecular flexibility index (Phi) is 5.41. The van der Waals surface area contributed by atoms with Gasteiger partial charge >= 0.3 is 12.0 Å². The van der Waals surface area contributed by atoms with Crippen LogP contribution in [-0.4, -0.2) is 41.8 Å². The molecule has 0 aliphatic carbocycles. The number of nitrogens with zero attached hydrogens (tertiary/aromatic N) is 2. The summed E-state index contributed by atoms with van der Waals surface area (Å²) in [6, 6.07) is 1.51. The molecule has 1 N–H and O–H groups in total. The summed E-state index contributed by atoms with van der Waals surface area (Å²) in [7, 11) is 0. The maximum Gasteiger partial charge on any atom is 0.325 e. The zero-order chi connectivity index (χ0) is 16.1. The topological polar surface area (TPSA) is 84.7 Å². The van der Waals surface area contributed by atoms with Gasteiger partial charge in [-0.15, -0.1) is 0 Å². The van der Waals surface area contributed by atoms with Crippen molar-refractivity contribution in [1.82, 2.24) is 15.4 Å². The number of amides is 2. The van der Waals surface area contributed by atoms with E-state index in [1.807, 2.05) is 19.9 Å². The first kappa shape index (κ1) is 16.3. The number of esters is 1. The first-order valence-electron chi connectivity index (χ1n) is 7.69. The molecule has 0 aromatic carbocycles. The van der Waals surface area contributed by atoms with Gasteiger partial charge in [0.15, 0.2) is 5.76 Å². The predicted molar refractivity (Wildman–Crippen MR) is 79.3 cm³/mol. The van der Waals surface area contributed by atoms with E-state index in [2.05, 4.69) is 10.5 Å². The molecule has 0 unspecified atom stereocenters. The van der Waals surface area contributed by atoms with Gasteiger partial charge in [0, 0.05) is 12.6 Å². The van der Waals surface area contributed by atoms with Crippen molar-refractivity contribution in [2.24, 2.45) is 0 Å². The number of ether oxygens (including phenoxy) is 1. The second-order valence-corrected chi connectivity index (χ2v) is 5.62. The normalized spacial score (nSPS) is 17.8. The highest BCUT2D eigenvalue weighted by Crippen LogP contribution is 2.33. The molecule has 0 spiro atoms. The lowest BCUT2D eigenvalue weighted by molar-refractivity contribution is -0.141. The van der Waals surface area contributed by atoms with E-state index in [1.54, 1.807) is 11.8 Å². The number of aromatic nitrogens is 1. The fourth-order valence-corrected chi connectivity index (χ4v) is 2.50. The Bertz CT molecular complexity index is 527. The van der Waals surface area contributed by atoms with Crippen LogP contribution >= 0.6 is 0 Å². The van der Waals surface area contributed by atoms with Gasteiger partial charge < -0.3 is 19.5 Å². The lowest BCUT2D eigenvalue weighted by Crippen LogP contribution is -2.41. The van der Waals surface area contributed by atoms with Crippen molar-refractivity contribution in [2.45, 2.75) is 45.6 Å². The number of carbonyl (C=O) groups is 2. The summed E-state index contributed by atoms with van der Waals surface area (Å²) in [5.74, 6) is 0.547. The Morgan fingerprint density at radius 3 is 2.95 bits per heavy atom. The highest BCUT2D eigenvalue weighted by Gasteiger charge is 2.33. The van der Waals surface area contributed by atoms with Gasteiger partial charge in [-0.05, 0) is 25.7 Å². The summed E-state index contributed by atoms with van der Waals surface area (Å²) in [4.78, 5) is 25.2. The molecule has 1 saturated heterocycles. The molecule has 2 heterocycles. The molecule has 1 fully saturated rings. The molecule has 2 amide bonds. The molecule has 0 bridgehead atoms. The monoisotopic (exact) mass is 309 g/mol. The van der Waals surface area contributed by atoms with Crippen LogP contribution in [0.1, 0.15) is 57.0 Å². The summed E-state index contributed by atoms with van der Waals surface area (Å²) in [6.45, 7) is 6.63. The molecule has 1 atom stereocenters. The lowest BCUT2D eigenvalue weighted by atomic mass is 10.1. The SMILES string of the molecule is CCOC(=O)CNC(=O)N1CCC[C@@H]1c1cc(C(C)C)no1. The third kappa shape index (κ3) is 3.78. The van der Waals surface area contributed by atoms with Crippen molar-refractivity contribution in [2.75, 3.05) is 19.7 Å². The van der Waals surface area contributed by atoms with Crippen LogP contribution in [0.25, 0.3) is 0 Å². The first-order chi connectivity index (χ1) is 10.5. The summed E-state index contributed by atoms with van der Waals surface area (Å²) < 4.78 is 10.2. The van der Waals surface area contributed by atoms with Crippen LogP contribution in [-0.2, 0) is 9.53 Å². The highest BCUT2D eigenvalue weighted by atomic mass is 16.5. The molecule has 122 valence electrons. The van der Waals surface area contributed by atoms with E-state index in [4.69, 9.17) is 9.26 Å². The molecule has 1 aromatic heterocycles. The van der Waals surface area contributed by atoms with E-state index in [-0.39, 0.29) is 24.5 Å². The van der Waals surface area contributed by atoms with E-state index in [0.717, 1.165) is 18.5 Å². The maximum absolute atomic E-state index is 12.2. The number of likely N-dealkylation sites (tertiary alicyclic amines) is 1. The Labute approximate surface area is 130 Å². The Morgan fingerprint density at radius 2 is 2.32 bits per heavy atom. The molecule has 2 rings (SSSR count). The molecule has 7 heteroatoms. The minimum atomic E-state index is -0.437. The number of hydrogen-bond donors (Lipinski definition) is 1. The van der Waals surface area contributed by atoms with Crippen LogP contribution in [0, 0.1) is 0 Å². The van der Waals surface area contributed by atoms with Crippen molar-refractivity contribution in [3.63, 3.8) is 0 Å². The van der Waals surface area contributed by atoms with Gasteiger partial charge in [0.1, 0.15) is 6.54 Å². The van der Waals surface area contributed by atoms with Gasteiger partial charge in [0.2, 0.25) is 0 Å². The van der Waals surface area contributed by atoms with E-state index in [9.17, 15) is 9.59 Å². The van der Waals surface area contributed by atoms with Crippen LogP contribution in [0.3, 0.4) is 0 Å². The van der Waals surface area contributed by atoms with Gasteiger partial charge in [-0.1, -0.05) is 19.0 Å². The van der Waals surface area contributed by atoms with E-state index in [1.165, 1.54) is 0 Å². The van der Waals surface area contributed by atoms with Crippen LogP contribution in [0.15, 0.2) is 10.6 Å². The zero-order valence-corrected chi connectivity index (χ0v) is 13.3. The standard InChI is InChI=1S/C15H23N3O4/c1-4-21-14(19)9-16-15(20)18-7-5-6-12(18)13-8-11(10(2)3)17-22-13/h8,10,12H,4-7,9H2,1-3H3,(H,16,20)/t12-/m1/s1. The molecule has 0 radical (unpaired) electrons. The fraction of sp³-hybridized carbons (Fsp3) is 0.667. The Morgan fingerprint density at radius 1 is 1.55 bits per heavy atom. The van der Waals surface area contributed by atoms with Crippen molar-refractivity contribution < 1.29 is 18.8 Å². The molecule has 7 nitrogen and oxygen atoms in total. The molecule has 1 aliphatic heterocycles. The van der Waals surface area contributed by atoms with E-state index < -0.39 is 5.97 Å². The van der Waals surface area contributed by atoms with Gasteiger partial charge in [-0.3, -0.25) is 4.79 Å². The second-order valence-electron chi connectivity index (χ2n) is 5.62. The lowest BCUT2D eigenvalue weighted by Gasteiger charge is -2.22. The first-order valence-corrected chi connectivity index (χ1v) is 7.69. The molecule has 0 saturated carbocycles. The largest absolute Gasteiger partial charge is 0.465 e. The van der Waals surface area contributed by atoms with Crippen LogP contribution in [0.5, 0.6) is 0 Å². The van der Waals surface area contributed by atoms with Gasteiger partial charge in [-0.25, -0.2) is 4.79 Å². The van der Waals surface area contributed by atoms with E-state index in [0.29, 0.717) is 18.9 Å². The van der Waals surface area contributed by atoms with Crippen molar-refractivity contribution in [3.05, 3.63) is 17.5 Å². The third-order valence-corrected chi connectivity index (χ3v) is 3.67. The van der Waals surface area contributed by atoms with Gasteiger partial charge in [0.25, 0.3) is 0 Å². The fourth-order valence-electron chi connectivity index (χ4n) is 2.50. The quantitative estimate of drug-likeness (QED) is 0.843. The Hall–Kier alpha value is -2.05. The number of carbonyl (C=O) groups excluding carboxylic acids is 2. The average Bonchev–Trinajstić information content (AvgIpc) is 3.13. The highest BCUT2D eigenvalue weighted by molar-refractivity contribution is 5.81. The third-order valence-electron chi connectivity index (χ3n) is 3.67.